The Bertz CT molecular complexity index is 365. The van der Waals surface area contributed by atoms with Gasteiger partial charge in [-0.1, -0.05) is 0 Å². The number of carbonyl (C=O) groups is 3. The summed E-state index contributed by atoms with van der Waals surface area (Å²) in [4.78, 5) is 33.3. The van der Waals surface area contributed by atoms with Gasteiger partial charge in [-0.05, 0) is 6.92 Å². The zero-order valence-electron chi connectivity index (χ0n) is 11.7. The van der Waals surface area contributed by atoms with E-state index >= 15 is 0 Å². The highest BCUT2D eigenvalue weighted by Gasteiger charge is 2.49. The number of ether oxygens (including phenoxy) is 4. The van der Waals surface area contributed by atoms with Gasteiger partial charge in [0.1, 0.15) is 0 Å². The molecule has 0 spiro atoms. The van der Waals surface area contributed by atoms with Crippen molar-refractivity contribution >= 4 is 17.9 Å². The zero-order valence-corrected chi connectivity index (χ0v) is 11.7. The molecule has 1 N–H and O–H groups in total. The van der Waals surface area contributed by atoms with Gasteiger partial charge in [0.2, 0.25) is 0 Å². The van der Waals surface area contributed by atoms with Gasteiger partial charge < -0.3 is 24.1 Å². The van der Waals surface area contributed by atoms with Crippen LogP contribution in [0.3, 0.4) is 0 Å². The fourth-order valence-corrected chi connectivity index (χ4v) is 1.99. The molecule has 5 atom stereocenters. The van der Waals surface area contributed by atoms with E-state index in [9.17, 15) is 19.5 Å². The molecule has 1 aliphatic heterocycles. The SMILES string of the molecule is CC(=O)O[C@H]1[C@@H](OC(C)=O)[C@@H](O)O[C@H](C)[C@H]1OC(C)=O. The van der Waals surface area contributed by atoms with Crippen LogP contribution in [0.4, 0.5) is 0 Å². The van der Waals surface area contributed by atoms with Crippen LogP contribution in [0.1, 0.15) is 27.7 Å². The smallest absolute Gasteiger partial charge is 0.303 e. The second kappa shape index (κ2) is 6.67. The lowest BCUT2D eigenvalue weighted by atomic mass is 9.99. The summed E-state index contributed by atoms with van der Waals surface area (Å²) in [6, 6.07) is 0. The fourth-order valence-electron chi connectivity index (χ4n) is 1.99. The predicted octanol–water partition coefficient (Wildman–Crippen LogP) is -0.481. The van der Waals surface area contributed by atoms with Crippen molar-refractivity contribution in [3.63, 3.8) is 0 Å². The molecule has 0 aromatic carbocycles. The molecule has 1 heterocycles. The molecule has 8 nitrogen and oxygen atoms in total. The van der Waals surface area contributed by atoms with E-state index in [1.54, 1.807) is 0 Å². The lowest BCUT2D eigenvalue weighted by Gasteiger charge is -2.41. The van der Waals surface area contributed by atoms with Crippen LogP contribution in [0.25, 0.3) is 0 Å². The Morgan fingerprint density at radius 2 is 1.25 bits per heavy atom. The first kappa shape index (κ1) is 16.4. The van der Waals surface area contributed by atoms with E-state index in [-0.39, 0.29) is 0 Å². The maximum absolute atomic E-state index is 11.2. The third-order valence-corrected chi connectivity index (χ3v) is 2.65. The molecule has 20 heavy (non-hydrogen) atoms. The highest BCUT2D eigenvalue weighted by Crippen LogP contribution is 2.27. The molecule has 0 aromatic heterocycles. The standard InChI is InChI=1S/C12H18O8/c1-5-9(18-6(2)13)10(19-7(3)14)11(12(16)17-5)20-8(4)15/h5,9-12,16H,1-4H3/t5-,9-,10-,11-,12+/m1/s1. The molecule has 8 heteroatoms. The molecule has 0 unspecified atom stereocenters. The summed E-state index contributed by atoms with van der Waals surface area (Å²) in [5, 5.41) is 9.79. The average molecular weight is 290 g/mol. The van der Waals surface area contributed by atoms with Crippen molar-refractivity contribution < 1.29 is 38.4 Å². The van der Waals surface area contributed by atoms with Crippen LogP contribution < -0.4 is 0 Å². The largest absolute Gasteiger partial charge is 0.456 e. The third-order valence-electron chi connectivity index (χ3n) is 2.65. The molecule has 0 aliphatic carbocycles. The van der Waals surface area contributed by atoms with Gasteiger partial charge in [0.15, 0.2) is 24.6 Å². The molecule has 1 saturated heterocycles. The van der Waals surface area contributed by atoms with Gasteiger partial charge in [-0.3, -0.25) is 14.4 Å². The molecule has 114 valence electrons. The number of aliphatic hydroxyl groups excluding tert-OH is 1. The second-order valence-electron chi connectivity index (χ2n) is 4.45. The Kier molecular flexibility index (Phi) is 5.46. The summed E-state index contributed by atoms with van der Waals surface area (Å²) in [7, 11) is 0. The number of rotatable bonds is 3. The lowest BCUT2D eigenvalue weighted by molar-refractivity contribution is -0.288. The molecule has 1 rings (SSSR count). The Morgan fingerprint density at radius 3 is 1.70 bits per heavy atom. The molecule has 1 fully saturated rings. The maximum Gasteiger partial charge on any atom is 0.303 e. The highest BCUT2D eigenvalue weighted by molar-refractivity contribution is 5.68. The first-order valence-corrected chi connectivity index (χ1v) is 6.07. The molecule has 0 amide bonds. The topological polar surface area (TPSA) is 108 Å². The van der Waals surface area contributed by atoms with Gasteiger partial charge in [-0.2, -0.15) is 0 Å². The van der Waals surface area contributed by atoms with E-state index in [2.05, 4.69) is 0 Å². The molecule has 1 aliphatic rings. The summed E-state index contributed by atoms with van der Waals surface area (Å²) >= 11 is 0. The van der Waals surface area contributed by atoms with Gasteiger partial charge in [-0.25, -0.2) is 0 Å². The predicted molar refractivity (Wildman–Crippen MR) is 63.2 cm³/mol. The van der Waals surface area contributed by atoms with Crippen LogP contribution in [0.15, 0.2) is 0 Å². The van der Waals surface area contributed by atoms with Crippen molar-refractivity contribution in [2.75, 3.05) is 0 Å². The molecule has 0 aromatic rings. The van der Waals surface area contributed by atoms with Crippen molar-refractivity contribution in [1.82, 2.24) is 0 Å². The van der Waals surface area contributed by atoms with E-state index in [1.807, 2.05) is 0 Å². The van der Waals surface area contributed by atoms with Crippen molar-refractivity contribution in [1.29, 1.82) is 0 Å². The number of hydrogen-bond donors (Lipinski definition) is 1. The van der Waals surface area contributed by atoms with Gasteiger partial charge in [-0.15, -0.1) is 0 Å². The summed E-state index contributed by atoms with van der Waals surface area (Å²) in [6.07, 6.45) is -5.60. The minimum atomic E-state index is -1.48. The molecule has 0 saturated carbocycles. The zero-order chi connectivity index (χ0) is 15.4. The third kappa shape index (κ3) is 4.17. The molecule has 0 bridgehead atoms. The molecular weight excluding hydrogens is 272 g/mol. The summed E-state index contributed by atoms with van der Waals surface area (Å²) in [5.41, 5.74) is 0. The van der Waals surface area contributed by atoms with E-state index in [4.69, 9.17) is 18.9 Å². The van der Waals surface area contributed by atoms with Crippen LogP contribution in [0.2, 0.25) is 0 Å². The Labute approximate surface area is 115 Å². The van der Waals surface area contributed by atoms with Crippen LogP contribution >= 0.6 is 0 Å². The minimum Gasteiger partial charge on any atom is -0.456 e. The van der Waals surface area contributed by atoms with Crippen LogP contribution in [0.5, 0.6) is 0 Å². The van der Waals surface area contributed by atoms with Crippen molar-refractivity contribution in [2.24, 2.45) is 0 Å². The summed E-state index contributed by atoms with van der Waals surface area (Å²) < 4.78 is 20.1. The Hall–Kier alpha value is -1.67. The normalized spacial score (nSPS) is 33.1. The van der Waals surface area contributed by atoms with Crippen molar-refractivity contribution in [3.8, 4) is 0 Å². The fraction of sp³-hybridized carbons (Fsp3) is 0.750. The van der Waals surface area contributed by atoms with Gasteiger partial charge in [0, 0.05) is 20.8 Å². The van der Waals surface area contributed by atoms with Gasteiger partial charge >= 0.3 is 17.9 Å². The van der Waals surface area contributed by atoms with Gasteiger partial charge in [0.25, 0.3) is 0 Å². The molecule has 0 radical (unpaired) electrons. The number of hydrogen-bond acceptors (Lipinski definition) is 8. The number of carbonyl (C=O) groups excluding carboxylic acids is 3. The first-order chi connectivity index (χ1) is 9.22. The van der Waals surface area contributed by atoms with E-state index in [1.165, 1.54) is 13.8 Å². The average Bonchev–Trinajstić information content (AvgIpc) is 2.27. The van der Waals surface area contributed by atoms with Crippen molar-refractivity contribution in [3.05, 3.63) is 0 Å². The minimum absolute atomic E-state index is 0.611. The lowest BCUT2D eigenvalue weighted by Crippen LogP contribution is -2.60. The van der Waals surface area contributed by atoms with Gasteiger partial charge in [0.05, 0.1) is 6.10 Å². The van der Waals surface area contributed by atoms with Crippen molar-refractivity contribution in [2.45, 2.75) is 58.4 Å². The van der Waals surface area contributed by atoms with Crippen LogP contribution in [-0.4, -0.2) is 53.7 Å². The second-order valence-corrected chi connectivity index (χ2v) is 4.45. The maximum atomic E-state index is 11.2. The van der Waals surface area contributed by atoms with Crippen LogP contribution in [0, 0.1) is 0 Å². The number of esters is 3. The summed E-state index contributed by atoms with van der Waals surface area (Å²) in [5.74, 6) is -1.96. The van der Waals surface area contributed by atoms with E-state index < -0.39 is 48.6 Å². The Morgan fingerprint density at radius 1 is 0.850 bits per heavy atom. The van der Waals surface area contributed by atoms with E-state index in [0.29, 0.717) is 0 Å². The summed E-state index contributed by atoms with van der Waals surface area (Å²) in [6.45, 7) is 5.01. The Balaban J connectivity index is 3.01. The molecular formula is C12H18O8. The number of aliphatic hydroxyl groups is 1. The first-order valence-electron chi connectivity index (χ1n) is 6.07. The highest BCUT2D eigenvalue weighted by atomic mass is 16.7. The monoisotopic (exact) mass is 290 g/mol. The van der Waals surface area contributed by atoms with E-state index in [0.717, 1.165) is 13.8 Å². The van der Waals surface area contributed by atoms with Crippen LogP contribution in [-0.2, 0) is 33.3 Å². The quantitative estimate of drug-likeness (QED) is 0.548.